The van der Waals surface area contributed by atoms with E-state index >= 15 is 0 Å². The second-order valence-electron chi connectivity index (χ2n) is 3.56. The maximum Gasteiger partial charge on any atom is 0.359 e. The van der Waals surface area contributed by atoms with Crippen molar-refractivity contribution in [1.82, 2.24) is 0 Å². The van der Waals surface area contributed by atoms with Crippen LogP contribution in [0.5, 0.6) is 0 Å². The molecular formula is C10H9NO5S. The third kappa shape index (κ3) is 1.90. The van der Waals surface area contributed by atoms with E-state index in [1.54, 1.807) is 6.92 Å². The lowest BCUT2D eigenvalue weighted by Crippen LogP contribution is -2.09. The topological polar surface area (TPSA) is 111 Å². The minimum Gasteiger partial charge on any atom is -0.421 e. The molecular weight excluding hydrogens is 246 g/mol. The lowest BCUT2D eigenvalue weighted by Gasteiger charge is -2.04. The van der Waals surface area contributed by atoms with Crippen molar-refractivity contribution in [3.63, 3.8) is 0 Å². The zero-order chi connectivity index (χ0) is 12.8. The molecule has 0 spiro atoms. The van der Waals surface area contributed by atoms with E-state index in [-0.39, 0.29) is 16.2 Å². The number of hydrogen-bond donors (Lipinski definition) is 2. The first-order valence-electron chi connectivity index (χ1n) is 4.61. The first-order valence-corrected chi connectivity index (χ1v) is 6.05. The van der Waals surface area contributed by atoms with Gasteiger partial charge in [-0.3, -0.25) is 4.55 Å². The molecule has 0 fully saturated rings. The van der Waals surface area contributed by atoms with Crippen molar-refractivity contribution >= 4 is 26.8 Å². The van der Waals surface area contributed by atoms with E-state index in [1.165, 1.54) is 12.1 Å². The highest BCUT2D eigenvalue weighted by Gasteiger charge is 2.14. The first-order chi connectivity index (χ1) is 7.80. The van der Waals surface area contributed by atoms with Gasteiger partial charge in [0.05, 0.1) is 4.90 Å². The molecule has 3 N–H and O–H groups in total. The van der Waals surface area contributed by atoms with Crippen molar-refractivity contribution in [2.75, 3.05) is 5.73 Å². The number of fused-ring (bicyclic) bond motifs is 1. The number of nitrogen functional groups attached to an aromatic ring is 1. The molecule has 0 radical (unpaired) electrons. The Kier molecular flexibility index (Phi) is 2.44. The standard InChI is InChI=1S/C10H9NO5S/c1-5-7-4-6(17(13,14)15)2-3-8(7)16-10(12)9(5)11/h2-4H,11H2,1H3,(H,13,14,15). The molecule has 2 rings (SSSR count). The van der Waals surface area contributed by atoms with Crippen LogP contribution in [0.2, 0.25) is 0 Å². The van der Waals surface area contributed by atoms with Gasteiger partial charge in [-0.15, -0.1) is 0 Å². The van der Waals surface area contributed by atoms with Crippen LogP contribution in [0.3, 0.4) is 0 Å². The molecule has 0 bridgehead atoms. The van der Waals surface area contributed by atoms with Gasteiger partial charge in [-0.05, 0) is 30.7 Å². The summed E-state index contributed by atoms with van der Waals surface area (Å²) in [6.07, 6.45) is 0. The quantitative estimate of drug-likeness (QED) is 0.579. The highest BCUT2D eigenvalue weighted by molar-refractivity contribution is 7.85. The molecule has 0 amide bonds. The molecule has 0 saturated heterocycles. The molecule has 7 heteroatoms. The number of rotatable bonds is 1. The summed E-state index contributed by atoms with van der Waals surface area (Å²) in [5.41, 5.74) is 5.37. The average Bonchev–Trinajstić information content (AvgIpc) is 2.24. The number of aryl methyl sites for hydroxylation is 1. The minimum absolute atomic E-state index is 0.0787. The highest BCUT2D eigenvalue weighted by atomic mass is 32.2. The van der Waals surface area contributed by atoms with Crippen LogP contribution in [-0.4, -0.2) is 13.0 Å². The lowest BCUT2D eigenvalue weighted by atomic mass is 10.1. The summed E-state index contributed by atoms with van der Waals surface area (Å²) in [4.78, 5) is 11.0. The molecule has 90 valence electrons. The highest BCUT2D eigenvalue weighted by Crippen LogP contribution is 2.23. The summed E-state index contributed by atoms with van der Waals surface area (Å²) in [5.74, 6) is 0. The van der Waals surface area contributed by atoms with Crippen molar-refractivity contribution < 1.29 is 17.4 Å². The van der Waals surface area contributed by atoms with E-state index in [4.69, 9.17) is 14.7 Å². The third-order valence-corrected chi connectivity index (χ3v) is 3.33. The Labute approximate surface area is 96.4 Å². The van der Waals surface area contributed by atoms with Gasteiger partial charge in [0.15, 0.2) is 0 Å². The van der Waals surface area contributed by atoms with Crippen LogP contribution in [0, 0.1) is 6.92 Å². The van der Waals surface area contributed by atoms with Gasteiger partial charge in [0, 0.05) is 5.39 Å². The molecule has 1 aromatic heterocycles. The normalized spacial score (nSPS) is 11.9. The van der Waals surface area contributed by atoms with Crippen LogP contribution in [0.1, 0.15) is 5.56 Å². The fourth-order valence-electron chi connectivity index (χ4n) is 1.50. The molecule has 6 nitrogen and oxygen atoms in total. The number of hydrogen-bond acceptors (Lipinski definition) is 5. The maximum absolute atomic E-state index is 11.3. The Morgan fingerprint density at radius 3 is 2.59 bits per heavy atom. The van der Waals surface area contributed by atoms with Gasteiger partial charge in [0.2, 0.25) is 0 Å². The SMILES string of the molecule is Cc1c(N)c(=O)oc2ccc(S(=O)(=O)O)cc12. The Hall–Kier alpha value is -1.86. The van der Waals surface area contributed by atoms with Crippen LogP contribution in [0.4, 0.5) is 5.69 Å². The van der Waals surface area contributed by atoms with Crippen LogP contribution in [-0.2, 0) is 10.1 Å². The minimum atomic E-state index is -4.29. The summed E-state index contributed by atoms with van der Waals surface area (Å²) >= 11 is 0. The molecule has 0 aliphatic rings. The Morgan fingerprint density at radius 1 is 1.35 bits per heavy atom. The molecule has 1 aromatic carbocycles. The second kappa shape index (κ2) is 3.57. The average molecular weight is 255 g/mol. The number of nitrogens with two attached hydrogens (primary N) is 1. The zero-order valence-electron chi connectivity index (χ0n) is 8.80. The van der Waals surface area contributed by atoms with Crippen LogP contribution in [0.15, 0.2) is 32.3 Å². The van der Waals surface area contributed by atoms with Crippen molar-refractivity contribution in [1.29, 1.82) is 0 Å². The molecule has 17 heavy (non-hydrogen) atoms. The van der Waals surface area contributed by atoms with Gasteiger partial charge < -0.3 is 10.2 Å². The van der Waals surface area contributed by atoms with Crippen LogP contribution >= 0.6 is 0 Å². The third-order valence-electron chi connectivity index (χ3n) is 2.48. The molecule has 0 aliphatic carbocycles. The van der Waals surface area contributed by atoms with E-state index in [1.807, 2.05) is 0 Å². The van der Waals surface area contributed by atoms with E-state index < -0.39 is 15.7 Å². The van der Waals surface area contributed by atoms with Crippen LogP contribution in [0.25, 0.3) is 11.0 Å². The molecule has 0 aliphatic heterocycles. The van der Waals surface area contributed by atoms with E-state index in [0.29, 0.717) is 10.9 Å². The Morgan fingerprint density at radius 2 is 2.00 bits per heavy atom. The maximum atomic E-state index is 11.3. The van der Waals surface area contributed by atoms with Crippen molar-refractivity contribution in [2.45, 2.75) is 11.8 Å². The van der Waals surface area contributed by atoms with Gasteiger partial charge >= 0.3 is 5.63 Å². The fraction of sp³-hybridized carbons (Fsp3) is 0.100. The molecule has 0 atom stereocenters. The van der Waals surface area contributed by atoms with E-state index in [9.17, 15) is 13.2 Å². The van der Waals surface area contributed by atoms with Gasteiger partial charge in [-0.2, -0.15) is 8.42 Å². The number of benzene rings is 1. The van der Waals surface area contributed by atoms with Gasteiger partial charge in [0.25, 0.3) is 10.1 Å². The van der Waals surface area contributed by atoms with Crippen molar-refractivity contribution in [3.05, 3.63) is 34.2 Å². The number of anilines is 1. The Bertz CT molecular complexity index is 760. The predicted octanol–water partition coefficient (Wildman–Crippen LogP) is 0.930. The second-order valence-corrected chi connectivity index (χ2v) is 4.98. The van der Waals surface area contributed by atoms with E-state index in [0.717, 1.165) is 6.07 Å². The van der Waals surface area contributed by atoms with Crippen molar-refractivity contribution in [2.24, 2.45) is 0 Å². The lowest BCUT2D eigenvalue weighted by molar-refractivity contribution is 0.483. The molecule has 0 saturated carbocycles. The van der Waals surface area contributed by atoms with Crippen molar-refractivity contribution in [3.8, 4) is 0 Å². The molecule has 1 heterocycles. The van der Waals surface area contributed by atoms with Crippen LogP contribution < -0.4 is 11.4 Å². The monoisotopic (exact) mass is 255 g/mol. The summed E-state index contributed by atoms with van der Waals surface area (Å²) < 4.78 is 35.7. The van der Waals surface area contributed by atoms with E-state index in [2.05, 4.69) is 0 Å². The summed E-state index contributed by atoms with van der Waals surface area (Å²) in [6.45, 7) is 1.57. The summed E-state index contributed by atoms with van der Waals surface area (Å²) in [5, 5.41) is 0.372. The fourth-order valence-corrected chi connectivity index (χ4v) is 2.01. The van der Waals surface area contributed by atoms with Gasteiger partial charge in [-0.1, -0.05) is 0 Å². The first kappa shape index (κ1) is 11.6. The van der Waals surface area contributed by atoms with Gasteiger partial charge in [-0.25, -0.2) is 4.79 Å². The Balaban J connectivity index is 2.92. The smallest absolute Gasteiger partial charge is 0.359 e. The van der Waals surface area contributed by atoms with Gasteiger partial charge in [0.1, 0.15) is 11.3 Å². The summed E-state index contributed by atoms with van der Waals surface area (Å²) in [7, 11) is -4.29. The largest absolute Gasteiger partial charge is 0.421 e. The molecule has 0 unspecified atom stereocenters. The summed E-state index contributed by atoms with van der Waals surface area (Å²) in [6, 6.07) is 3.65. The zero-order valence-corrected chi connectivity index (χ0v) is 9.61. The predicted molar refractivity (Wildman–Crippen MR) is 61.4 cm³/mol. The molecule has 2 aromatic rings.